The Morgan fingerprint density at radius 2 is 2.06 bits per heavy atom. The quantitative estimate of drug-likeness (QED) is 0.679. The van der Waals surface area contributed by atoms with E-state index in [1.807, 2.05) is 13.8 Å². The van der Waals surface area contributed by atoms with E-state index in [0.29, 0.717) is 19.1 Å². The summed E-state index contributed by atoms with van der Waals surface area (Å²) in [7, 11) is 0. The first-order chi connectivity index (χ1) is 7.65. The highest BCUT2D eigenvalue weighted by Gasteiger charge is 2.29. The summed E-state index contributed by atoms with van der Waals surface area (Å²) in [6.45, 7) is 7.15. The van der Waals surface area contributed by atoms with Crippen LogP contribution < -0.4 is 0 Å². The molecule has 3 unspecified atom stereocenters. The monoisotopic (exact) mass is 228 g/mol. The van der Waals surface area contributed by atoms with Gasteiger partial charge in [0.05, 0.1) is 12.5 Å². The highest BCUT2D eigenvalue weighted by molar-refractivity contribution is 5.73. The van der Waals surface area contributed by atoms with E-state index in [9.17, 15) is 4.79 Å². The predicted octanol–water partition coefficient (Wildman–Crippen LogP) is 2.78. The molecule has 0 spiro atoms. The van der Waals surface area contributed by atoms with E-state index in [2.05, 4.69) is 6.92 Å². The lowest BCUT2D eigenvalue weighted by atomic mass is 9.80. The van der Waals surface area contributed by atoms with Crippen LogP contribution in [0.25, 0.3) is 0 Å². The zero-order valence-electron chi connectivity index (χ0n) is 10.7. The van der Waals surface area contributed by atoms with Crippen molar-refractivity contribution in [1.29, 1.82) is 0 Å². The van der Waals surface area contributed by atoms with Gasteiger partial charge in [0.25, 0.3) is 0 Å². The Kier molecular flexibility index (Phi) is 5.81. The summed E-state index contributed by atoms with van der Waals surface area (Å²) in [5, 5.41) is 0. The Hall–Kier alpha value is -0.570. The molecule has 0 N–H and O–H groups in total. The van der Waals surface area contributed by atoms with E-state index in [-0.39, 0.29) is 18.0 Å². The van der Waals surface area contributed by atoms with Crippen molar-refractivity contribution in [2.24, 2.45) is 11.8 Å². The lowest BCUT2D eigenvalue weighted by molar-refractivity contribution is -0.159. The summed E-state index contributed by atoms with van der Waals surface area (Å²) >= 11 is 0. The van der Waals surface area contributed by atoms with Gasteiger partial charge in [0.2, 0.25) is 0 Å². The van der Waals surface area contributed by atoms with E-state index in [1.54, 1.807) is 0 Å². The van der Waals surface area contributed by atoms with Gasteiger partial charge in [-0.25, -0.2) is 0 Å². The van der Waals surface area contributed by atoms with Crippen molar-refractivity contribution in [3.05, 3.63) is 0 Å². The molecule has 0 aromatic carbocycles. The summed E-state index contributed by atoms with van der Waals surface area (Å²) in [5.74, 6) is 0.553. The van der Waals surface area contributed by atoms with E-state index in [1.165, 1.54) is 6.42 Å². The highest BCUT2D eigenvalue weighted by atomic mass is 16.6. The van der Waals surface area contributed by atoms with Crippen LogP contribution in [0.5, 0.6) is 0 Å². The maximum absolute atomic E-state index is 11.9. The lowest BCUT2D eigenvalue weighted by Gasteiger charge is -2.28. The third-order valence-electron chi connectivity index (χ3n) is 3.29. The second-order valence-electron chi connectivity index (χ2n) is 4.78. The largest absolute Gasteiger partial charge is 0.460 e. The summed E-state index contributed by atoms with van der Waals surface area (Å²) in [4.78, 5) is 11.9. The third-order valence-corrected chi connectivity index (χ3v) is 3.29. The average Bonchev–Trinajstić information content (AvgIpc) is 2.26. The Labute approximate surface area is 98.5 Å². The average molecular weight is 228 g/mol. The Balaban J connectivity index is 2.32. The second-order valence-corrected chi connectivity index (χ2v) is 4.78. The van der Waals surface area contributed by atoms with Crippen LogP contribution in [-0.2, 0) is 14.3 Å². The highest BCUT2D eigenvalue weighted by Crippen LogP contribution is 2.30. The molecule has 3 heteroatoms. The summed E-state index contributed by atoms with van der Waals surface area (Å²) < 4.78 is 10.6. The second kappa shape index (κ2) is 6.89. The molecular weight excluding hydrogens is 204 g/mol. The molecular formula is C13H24O3. The first kappa shape index (κ1) is 13.5. The van der Waals surface area contributed by atoms with Crippen LogP contribution >= 0.6 is 0 Å². The molecule has 94 valence electrons. The molecule has 3 atom stereocenters. The van der Waals surface area contributed by atoms with Gasteiger partial charge in [0, 0.05) is 6.61 Å². The van der Waals surface area contributed by atoms with Gasteiger partial charge in [-0.05, 0) is 32.6 Å². The van der Waals surface area contributed by atoms with Crippen molar-refractivity contribution >= 4 is 5.97 Å². The third kappa shape index (κ3) is 4.12. The number of carbonyl (C=O) groups excluding carboxylic acids is 1. The van der Waals surface area contributed by atoms with E-state index < -0.39 is 0 Å². The van der Waals surface area contributed by atoms with E-state index in [0.717, 1.165) is 19.3 Å². The molecule has 0 bridgehead atoms. The number of carbonyl (C=O) groups is 1. The number of rotatable bonds is 5. The Morgan fingerprint density at radius 3 is 2.69 bits per heavy atom. The van der Waals surface area contributed by atoms with Crippen molar-refractivity contribution in [3.8, 4) is 0 Å². The fourth-order valence-electron chi connectivity index (χ4n) is 2.27. The van der Waals surface area contributed by atoms with Crippen molar-refractivity contribution in [2.45, 2.75) is 52.6 Å². The normalized spacial score (nSPS) is 27.4. The van der Waals surface area contributed by atoms with Gasteiger partial charge in [-0.15, -0.1) is 0 Å². The van der Waals surface area contributed by atoms with Crippen LogP contribution in [-0.4, -0.2) is 25.3 Å². The SMILES string of the molecule is CCOCC(C)OC(=O)C1CCCCC1C. The maximum Gasteiger partial charge on any atom is 0.309 e. The van der Waals surface area contributed by atoms with Gasteiger partial charge in [0.15, 0.2) is 0 Å². The molecule has 1 aliphatic rings. The van der Waals surface area contributed by atoms with Crippen LogP contribution in [0.1, 0.15) is 46.5 Å². The summed E-state index contributed by atoms with van der Waals surface area (Å²) in [6, 6.07) is 0. The van der Waals surface area contributed by atoms with Gasteiger partial charge >= 0.3 is 5.97 Å². The summed E-state index contributed by atoms with van der Waals surface area (Å²) in [5.41, 5.74) is 0. The minimum atomic E-state index is -0.124. The molecule has 0 radical (unpaired) electrons. The molecule has 0 heterocycles. The number of ether oxygens (including phenoxy) is 2. The number of esters is 1. The zero-order chi connectivity index (χ0) is 12.0. The van der Waals surface area contributed by atoms with Crippen molar-refractivity contribution in [1.82, 2.24) is 0 Å². The van der Waals surface area contributed by atoms with Gasteiger partial charge in [-0.3, -0.25) is 4.79 Å². The molecule has 0 aromatic heterocycles. The van der Waals surface area contributed by atoms with Crippen molar-refractivity contribution < 1.29 is 14.3 Å². The standard InChI is InChI=1S/C13H24O3/c1-4-15-9-11(3)16-13(14)12-8-6-5-7-10(12)2/h10-12H,4-9H2,1-3H3. The van der Waals surface area contributed by atoms with Crippen LogP contribution in [0.2, 0.25) is 0 Å². The molecule has 16 heavy (non-hydrogen) atoms. The molecule has 0 aromatic rings. The Morgan fingerprint density at radius 1 is 1.38 bits per heavy atom. The van der Waals surface area contributed by atoms with Crippen LogP contribution in [0.4, 0.5) is 0 Å². The van der Waals surface area contributed by atoms with E-state index >= 15 is 0 Å². The number of hydrogen-bond donors (Lipinski definition) is 0. The van der Waals surface area contributed by atoms with Crippen molar-refractivity contribution in [2.75, 3.05) is 13.2 Å². The Bertz CT molecular complexity index is 215. The molecule has 0 aliphatic heterocycles. The smallest absolute Gasteiger partial charge is 0.309 e. The van der Waals surface area contributed by atoms with Crippen LogP contribution in [0, 0.1) is 11.8 Å². The molecule has 1 fully saturated rings. The molecule has 3 nitrogen and oxygen atoms in total. The minimum Gasteiger partial charge on any atom is -0.460 e. The fraction of sp³-hybridized carbons (Fsp3) is 0.923. The van der Waals surface area contributed by atoms with E-state index in [4.69, 9.17) is 9.47 Å². The van der Waals surface area contributed by atoms with Crippen LogP contribution in [0.15, 0.2) is 0 Å². The van der Waals surface area contributed by atoms with Crippen LogP contribution in [0.3, 0.4) is 0 Å². The minimum absolute atomic E-state index is 0.0283. The molecule has 0 amide bonds. The van der Waals surface area contributed by atoms with Gasteiger partial charge in [-0.2, -0.15) is 0 Å². The molecule has 1 saturated carbocycles. The van der Waals surface area contributed by atoms with Gasteiger partial charge in [-0.1, -0.05) is 19.8 Å². The lowest BCUT2D eigenvalue weighted by Crippen LogP contribution is -2.31. The molecule has 1 aliphatic carbocycles. The zero-order valence-corrected chi connectivity index (χ0v) is 10.7. The van der Waals surface area contributed by atoms with Gasteiger partial charge < -0.3 is 9.47 Å². The maximum atomic E-state index is 11.9. The first-order valence-corrected chi connectivity index (χ1v) is 6.43. The van der Waals surface area contributed by atoms with Gasteiger partial charge in [0.1, 0.15) is 6.10 Å². The topological polar surface area (TPSA) is 35.5 Å². The summed E-state index contributed by atoms with van der Waals surface area (Å²) in [6.07, 6.45) is 4.42. The molecule has 1 rings (SSSR count). The van der Waals surface area contributed by atoms with Crippen molar-refractivity contribution in [3.63, 3.8) is 0 Å². The predicted molar refractivity (Wildman–Crippen MR) is 63.2 cm³/mol. The number of hydrogen-bond acceptors (Lipinski definition) is 3. The molecule has 0 saturated heterocycles. The fourth-order valence-corrected chi connectivity index (χ4v) is 2.27. The first-order valence-electron chi connectivity index (χ1n) is 6.43.